The molecule has 0 aliphatic heterocycles. The molecule has 0 unspecified atom stereocenters. The summed E-state index contributed by atoms with van der Waals surface area (Å²) in [5.41, 5.74) is 4.58. The number of rotatable bonds is 10. The summed E-state index contributed by atoms with van der Waals surface area (Å²) in [4.78, 5) is 15.5. The lowest BCUT2D eigenvalue weighted by atomic mass is 10.0. The van der Waals surface area contributed by atoms with Gasteiger partial charge in [-0.05, 0) is 73.6 Å². The SMILES string of the molecule is CNSc1cccc(Nc2c(SNC3CC3)cnc3cc(-c4cnc(OC)nc4OC)ccc23)c1. The van der Waals surface area contributed by atoms with Gasteiger partial charge < -0.3 is 14.8 Å². The second-order valence-corrected chi connectivity index (χ2v) is 9.93. The van der Waals surface area contributed by atoms with E-state index in [9.17, 15) is 0 Å². The third-order valence-electron chi connectivity index (χ3n) is 5.49. The molecular formula is C25H26N6O2S2. The van der Waals surface area contributed by atoms with Gasteiger partial charge in [0, 0.05) is 34.4 Å². The van der Waals surface area contributed by atoms with E-state index in [4.69, 9.17) is 14.5 Å². The van der Waals surface area contributed by atoms with Crippen molar-refractivity contribution in [2.45, 2.75) is 28.7 Å². The van der Waals surface area contributed by atoms with Crippen LogP contribution in [0.25, 0.3) is 22.0 Å². The fourth-order valence-corrected chi connectivity index (χ4v) is 5.07. The van der Waals surface area contributed by atoms with Crippen LogP contribution in [0.2, 0.25) is 0 Å². The molecule has 2 aromatic carbocycles. The van der Waals surface area contributed by atoms with Gasteiger partial charge in [0.05, 0.1) is 35.9 Å². The van der Waals surface area contributed by atoms with Crippen LogP contribution in [0.3, 0.4) is 0 Å². The fraction of sp³-hybridized carbons (Fsp3) is 0.240. The van der Waals surface area contributed by atoms with E-state index in [1.54, 1.807) is 37.2 Å². The number of methoxy groups -OCH3 is 2. The monoisotopic (exact) mass is 506 g/mol. The summed E-state index contributed by atoms with van der Waals surface area (Å²) >= 11 is 3.21. The quantitative estimate of drug-likeness (QED) is 0.242. The van der Waals surface area contributed by atoms with E-state index < -0.39 is 0 Å². The van der Waals surface area contributed by atoms with E-state index in [0.29, 0.717) is 11.9 Å². The molecule has 0 amide bonds. The van der Waals surface area contributed by atoms with Crippen LogP contribution < -0.4 is 24.2 Å². The molecule has 0 spiro atoms. The normalized spacial score (nSPS) is 13.1. The molecule has 8 nitrogen and oxygen atoms in total. The summed E-state index contributed by atoms with van der Waals surface area (Å²) in [6.07, 6.45) is 6.06. The van der Waals surface area contributed by atoms with E-state index in [2.05, 4.69) is 55.1 Å². The van der Waals surface area contributed by atoms with Crippen LogP contribution in [-0.4, -0.2) is 42.3 Å². The molecule has 10 heteroatoms. The Labute approximate surface area is 212 Å². The van der Waals surface area contributed by atoms with Gasteiger partial charge in [-0.15, -0.1) is 0 Å². The first kappa shape index (κ1) is 23.7. The molecule has 5 rings (SSSR count). The molecule has 35 heavy (non-hydrogen) atoms. The third-order valence-corrected chi connectivity index (χ3v) is 7.16. The molecule has 0 atom stereocenters. The summed E-state index contributed by atoms with van der Waals surface area (Å²) in [5, 5.41) is 4.67. The van der Waals surface area contributed by atoms with Crippen LogP contribution in [0, 0.1) is 0 Å². The van der Waals surface area contributed by atoms with E-state index in [1.165, 1.54) is 20.0 Å². The number of hydrogen-bond donors (Lipinski definition) is 3. The lowest BCUT2D eigenvalue weighted by Gasteiger charge is -2.16. The minimum Gasteiger partial charge on any atom is -0.480 e. The van der Waals surface area contributed by atoms with Crippen LogP contribution in [0.4, 0.5) is 11.4 Å². The average Bonchev–Trinajstić information content (AvgIpc) is 3.72. The van der Waals surface area contributed by atoms with E-state index in [0.717, 1.165) is 43.2 Å². The number of aromatic nitrogens is 3. The van der Waals surface area contributed by atoms with Crippen molar-refractivity contribution in [3.8, 4) is 23.0 Å². The molecule has 0 radical (unpaired) electrons. The fourth-order valence-electron chi connectivity index (χ4n) is 3.60. The molecule has 0 bridgehead atoms. The average molecular weight is 507 g/mol. The number of fused-ring (bicyclic) bond motifs is 1. The molecule has 4 aromatic rings. The number of nitrogens with zero attached hydrogens (tertiary/aromatic N) is 3. The van der Waals surface area contributed by atoms with Gasteiger partial charge in [0.25, 0.3) is 0 Å². The maximum absolute atomic E-state index is 5.48. The summed E-state index contributed by atoms with van der Waals surface area (Å²) in [7, 11) is 5.03. The highest BCUT2D eigenvalue weighted by atomic mass is 32.2. The van der Waals surface area contributed by atoms with Crippen molar-refractivity contribution in [2.75, 3.05) is 26.6 Å². The van der Waals surface area contributed by atoms with Crippen molar-refractivity contribution in [3.63, 3.8) is 0 Å². The van der Waals surface area contributed by atoms with E-state index in [1.807, 2.05) is 25.4 Å². The molecule has 1 aliphatic carbocycles. The number of nitrogens with one attached hydrogen (secondary N) is 3. The Hall–Kier alpha value is -3.05. The van der Waals surface area contributed by atoms with Gasteiger partial charge in [0.15, 0.2) is 0 Å². The zero-order valence-corrected chi connectivity index (χ0v) is 21.3. The lowest BCUT2D eigenvalue weighted by Crippen LogP contribution is -2.06. The number of anilines is 2. The van der Waals surface area contributed by atoms with Gasteiger partial charge in [-0.2, -0.15) is 4.98 Å². The second kappa shape index (κ2) is 10.7. The largest absolute Gasteiger partial charge is 0.480 e. The summed E-state index contributed by atoms with van der Waals surface area (Å²) < 4.78 is 17.3. The van der Waals surface area contributed by atoms with Crippen LogP contribution in [0.15, 0.2) is 64.6 Å². The minimum atomic E-state index is 0.263. The number of pyridine rings is 1. The predicted molar refractivity (Wildman–Crippen MR) is 143 cm³/mol. The maximum Gasteiger partial charge on any atom is 0.319 e. The smallest absolute Gasteiger partial charge is 0.319 e. The van der Waals surface area contributed by atoms with Crippen molar-refractivity contribution in [2.24, 2.45) is 0 Å². The number of hydrogen-bond acceptors (Lipinski definition) is 10. The van der Waals surface area contributed by atoms with Crippen molar-refractivity contribution in [1.82, 2.24) is 24.4 Å². The molecule has 0 saturated heterocycles. The highest BCUT2D eigenvalue weighted by molar-refractivity contribution is 7.97. The molecule has 2 aromatic heterocycles. The summed E-state index contributed by atoms with van der Waals surface area (Å²) in [6, 6.07) is 15.3. The lowest BCUT2D eigenvalue weighted by molar-refractivity contribution is 0.353. The third kappa shape index (κ3) is 5.46. The van der Waals surface area contributed by atoms with Crippen molar-refractivity contribution >= 4 is 46.2 Å². The zero-order chi connectivity index (χ0) is 24.2. The topological polar surface area (TPSA) is 93.2 Å². The van der Waals surface area contributed by atoms with Crippen molar-refractivity contribution < 1.29 is 9.47 Å². The van der Waals surface area contributed by atoms with Gasteiger partial charge in [-0.25, -0.2) is 4.98 Å². The van der Waals surface area contributed by atoms with Crippen LogP contribution in [-0.2, 0) is 0 Å². The van der Waals surface area contributed by atoms with Gasteiger partial charge in [0.1, 0.15) is 0 Å². The molecule has 2 heterocycles. The van der Waals surface area contributed by atoms with Gasteiger partial charge in [0.2, 0.25) is 5.88 Å². The van der Waals surface area contributed by atoms with Crippen LogP contribution in [0.5, 0.6) is 11.9 Å². The maximum atomic E-state index is 5.48. The van der Waals surface area contributed by atoms with Crippen LogP contribution >= 0.6 is 23.9 Å². The van der Waals surface area contributed by atoms with Gasteiger partial charge in [-0.3, -0.25) is 14.4 Å². The highest BCUT2D eigenvalue weighted by Crippen LogP contribution is 2.38. The Balaban J connectivity index is 1.55. The Kier molecular flexibility index (Phi) is 7.24. The summed E-state index contributed by atoms with van der Waals surface area (Å²) in [5.74, 6) is 0.453. The van der Waals surface area contributed by atoms with Crippen molar-refractivity contribution in [1.29, 1.82) is 0 Å². The second-order valence-electron chi connectivity index (χ2n) is 7.96. The molecule has 3 N–H and O–H groups in total. The zero-order valence-electron chi connectivity index (χ0n) is 19.7. The molecule has 180 valence electrons. The molecule has 1 fully saturated rings. The standard InChI is InChI=1S/C25H26N6O2S2/c1-26-34-18-6-4-5-17(12-18)29-23-19-10-7-15(20-13-28-25(33-3)30-24(20)32-2)11-21(19)27-14-22(23)35-31-16-8-9-16/h4-7,10-14,16,26,31H,8-9H2,1-3H3,(H,27,29). The Bertz CT molecular complexity index is 1350. The van der Waals surface area contributed by atoms with Crippen molar-refractivity contribution in [3.05, 3.63) is 54.9 Å². The molecule has 1 saturated carbocycles. The highest BCUT2D eigenvalue weighted by Gasteiger charge is 2.22. The Morgan fingerprint density at radius 1 is 0.971 bits per heavy atom. The Morgan fingerprint density at radius 2 is 1.86 bits per heavy atom. The predicted octanol–water partition coefficient (Wildman–Crippen LogP) is 5.44. The first-order valence-electron chi connectivity index (χ1n) is 11.2. The van der Waals surface area contributed by atoms with Gasteiger partial charge in [-0.1, -0.05) is 18.2 Å². The Morgan fingerprint density at radius 3 is 2.63 bits per heavy atom. The minimum absolute atomic E-state index is 0.263. The number of benzene rings is 2. The van der Waals surface area contributed by atoms with Gasteiger partial charge >= 0.3 is 6.01 Å². The molecule has 1 aliphatic rings. The first-order chi connectivity index (χ1) is 17.2. The van der Waals surface area contributed by atoms with E-state index >= 15 is 0 Å². The summed E-state index contributed by atoms with van der Waals surface area (Å²) in [6.45, 7) is 0. The van der Waals surface area contributed by atoms with Crippen LogP contribution in [0.1, 0.15) is 12.8 Å². The van der Waals surface area contributed by atoms with E-state index in [-0.39, 0.29) is 6.01 Å². The first-order valence-corrected chi connectivity index (χ1v) is 12.8. The number of ether oxygens (including phenoxy) is 2. The molecular weight excluding hydrogens is 480 g/mol.